The summed E-state index contributed by atoms with van der Waals surface area (Å²) in [6.45, 7) is 2.29. The molecule has 0 aromatic rings. The van der Waals surface area contributed by atoms with Gasteiger partial charge < -0.3 is 15.2 Å². The Morgan fingerprint density at radius 3 is 3.06 bits per heavy atom. The average Bonchev–Trinajstić information content (AvgIpc) is 2.62. The Bertz CT molecular complexity index is 289. The standard InChI is InChI=1S/C10H16N2O4/c13-9(14)8-6-16-10(15)12(8)5-7-2-1-3-11-4-7/h7-8,11H,1-6H2,(H,13,14). The summed E-state index contributed by atoms with van der Waals surface area (Å²) < 4.78 is 4.77. The zero-order chi connectivity index (χ0) is 11.5. The van der Waals surface area contributed by atoms with Crippen molar-refractivity contribution in [1.82, 2.24) is 10.2 Å². The molecule has 0 aromatic carbocycles. The third kappa shape index (κ3) is 2.27. The highest BCUT2D eigenvalue weighted by Gasteiger charge is 2.39. The number of hydrogen-bond acceptors (Lipinski definition) is 4. The first kappa shape index (κ1) is 11.2. The molecular formula is C10H16N2O4. The predicted octanol–water partition coefficient (Wildman–Crippen LogP) is -0.109. The lowest BCUT2D eigenvalue weighted by molar-refractivity contribution is -0.141. The quantitative estimate of drug-likeness (QED) is 0.704. The Morgan fingerprint density at radius 1 is 1.62 bits per heavy atom. The van der Waals surface area contributed by atoms with Gasteiger partial charge in [-0.1, -0.05) is 0 Å². The molecule has 0 aromatic heterocycles. The lowest BCUT2D eigenvalue weighted by Crippen LogP contribution is -2.45. The summed E-state index contributed by atoms with van der Waals surface area (Å²) in [6, 6.07) is -0.811. The molecule has 2 saturated heterocycles. The van der Waals surface area contributed by atoms with Crippen LogP contribution in [0.25, 0.3) is 0 Å². The number of amides is 1. The van der Waals surface area contributed by atoms with Gasteiger partial charge in [0.15, 0.2) is 6.04 Å². The number of carbonyl (C=O) groups excluding carboxylic acids is 1. The minimum Gasteiger partial charge on any atom is -0.480 e. The van der Waals surface area contributed by atoms with E-state index >= 15 is 0 Å². The number of nitrogens with one attached hydrogen (secondary N) is 1. The van der Waals surface area contributed by atoms with E-state index in [9.17, 15) is 9.59 Å². The first-order chi connectivity index (χ1) is 7.68. The van der Waals surface area contributed by atoms with Crippen molar-refractivity contribution in [2.75, 3.05) is 26.2 Å². The highest BCUT2D eigenvalue weighted by atomic mass is 16.6. The first-order valence-electron chi connectivity index (χ1n) is 5.55. The number of ether oxygens (including phenoxy) is 1. The minimum absolute atomic E-state index is 0.0334. The molecule has 2 heterocycles. The maximum atomic E-state index is 11.4. The molecule has 0 spiro atoms. The Labute approximate surface area is 93.6 Å². The molecule has 90 valence electrons. The van der Waals surface area contributed by atoms with E-state index in [1.54, 1.807) is 0 Å². The second-order valence-corrected chi connectivity index (χ2v) is 4.30. The van der Waals surface area contributed by atoms with E-state index in [4.69, 9.17) is 9.84 Å². The topological polar surface area (TPSA) is 78.9 Å². The van der Waals surface area contributed by atoms with E-state index in [1.165, 1.54) is 4.90 Å². The second-order valence-electron chi connectivity index (χ2n) is 4.30. The van der Waals surface area contributed by atoms with E-state index in [2.05, 4.69) is 5.32 Å². The van der Waals surface area contributed by atoms with Crippen LogP contribution in [-0.4, -0.2) is 54.4 Å². The average molecular weight is 228 g/mol. The van der Waals surface area contributed by atoms with Crippen LogP contribution in [0.1, 0.15) is 12.8 Å². The number of nitrogens with zero attached hydrogens (tertiary/aromatic N) is 1. The zero-order valence-electron chi connectivity index (χ0n) is 9.02. The van der Waals surface area contributed by atoms with Gasteiger partial charge in [-0.15, -0.1) is 0 Å². The summed E-state index contributed by atoms with van der Waals surface area (Å²) in [5.74, 6) is -0.657. The largest absolute Gasteiger partial charge is 0.480 e. The first-order valence-corrected chi connectivity index (χ1v) is 5.55. The summed E-state index contributed by atoms with van der Waals surface area (Å²) in [6.07, 6.45) is 1.60. The van der Waals surface area contributed by atoms with E-state index in [0.29, 0.717) is 12.5 Å². The van der Waals surface area contributed by atoms with Crippen LogP contribution in [0.3, 0.4) is 0 Å². The van der Waals surface area contributed by atoms with Crippen LogP contribution < -0.4 is 5.32 Å². The molecule has 0 bridgehead atoms. The number of piperidine rings is 1. The number of carboxylic acids is 1. The van der Waals surface area contributed by atoms with Crippen molar-refractivity contribution in [3.8, 4) is 0 Å². The summed E-state index contributed by atoms with van der Waals surface area (Å²) in [5, 5.41) is 12.2. The van der Waals surface area contributed by atoms with Crippen LogP contribution in [0, 0.1) is 5.92 Å². The molecule has 2 N–H and O–H groups in total. The lowest BCUT2D eigenvalue weighted by Gasteiger charge is -2.27. The molecule has 2 aliphatic heterocycles. The number of cyclic esters (lactones) is 1. The van der Waals surface area contributed by atoms with Gasteiger partial charge in [-0.25, -0.2) is 9.59 Å². The molecule has 2 atom stereocenters. The molecule has 0 saturated carbocycles. The van der Waals surface area contributed by atoms with Crippen molar-refractivity contribution < 1.29 is 19.4 Å². The number of aliphatic carboxylic acids is 1. The Morgan fingerprint density at radius 2 is 2.44 bits per heavy atom. The molecule has 6 nitrogen and oxygen atoms in total. The number of rotatable bonds is 3. The van der Waals surface area contributed by atoms with Gasteiger partial charge in [0.05, 0.1) is 0 Å². The van der Waals surface area contributed by atoms with Gasteiger partial charge in [-0.2, -0.15) is 0 Å². The fraction of sp³-hybridized carbons (Fsp3) is 0.800. The molecule has 0 radical (unpaired) electrons. The normalized spacial score (nSPS) is 30.2. The summed E-state index contributed by atoms with van der Waals surface area (Å²) in [5.41, 5.74) is 0. The van der Waals surface area contributed by atoms with E-state index in [1.807, 2.05) is 0 Å². The van der Waals surface area contributed by atoms with Crippen molar-refractivity contribution in [3.63, 3.8) is 0 Å². The summed E-state index contributed by atoms with van der Waals surface area (Å²) in [4.78, 5) is 23.6. The number of hydrogen-bond donors (Lipinski definition) is 2. The zero-order valence-corrected chi connectivity index (χ0v) is 9.02. The minimum atomic E-state index is -0.991. The molecule has 6 heteroatoms. The van der Waals surface area contributed by atoms with Crippen molar-refractivity contribution in [3.05, 3.63) is 0 Å². The highest BCUT2D eigenvalue weighted by Crippen LogP contribution is 2.18. The number of carboxylic acid groups (broad SMARTS) is 1. The van der Waals surface area contributed by atoms with Crippen molar-refractivity contribution in [2.45, 2.75) is 18.9 Å². The van der Waals surface area contributed by atoms with Gasteiger partial charge in [0.1, 0.15) is 6.61 Å². The van der Waals surface area contributed by atoms with Crippen LogP contribution in [0.5, 0.6) is 0 Å². The smallest absolute Gasteiger partial charge is 0.410 e. The van der Waals surface area contributed by atoms with Gasteiger partial charge in [0, 0.05) is 6.54 Å². The van der Waals surface area contributed by atoms with Gasteiger partial charge in [-0.3, -0.25) is 4.90 Å². The second kappa shape index (κ2) is 4.69. The molecular weight excluding hydrogens is 212 g/mol. The Balaban J connectivity index is 1.95. The fourth-order valence-corrected chi connectivity index (χ4v) is 2.21. The van der Waals surface area contributed by atoms with Gasteiger partial charge >= 0.3 is 12.1 Å². The molecule has 0 aliphatic carbocycles. The van der Waals surface area contributed by atoms with Gasteiger partial charge in [0.2, 0.25) is 0 Å². The van der Waals surface area contributed by atoms with E-state index in [0.717, 1.165) is 25.9 Å². The van der Waals surface area contributed by atoms with Crippen LogP contribution in [0.4, 0.5) is 4.79 Å². The van der Waals surface area contributed by atoms with Gasteiger partial charge in [-0.05, 0) is 31.8 Å². The molecule has 2 rings (SSSR count). The van der Waals surface area contributed by atoms with Crippen LogP contribution in [-0.2, 0) is 9.53 Å². The van der Waals surface area contributed by atoms with Crippen molar-refractivity contribution in [1.29, 1.82) is 0 Å². The van der Waals surface area contributed by atoms with E-state index in [-0.39, 0.29) is 6.61 Å². The third-order valence-electron chi connectivity index (χ3n) is 3.11. The van der Waals surface area contributed by atoms with Crippen molar-refractivity contribution >= 4 is 12.1 Å². The monoisotopic (exact) mass is 228 g/mol. The van der Waals surface area contributed by atoms with E-state index < -0.39 is 18.1 Å². The molecule has 1 amide bonds. The maximum Gasteiger partial charge on any atom is 0.410 e. The Hall–Kier alpha value is -1.30. The summed E-state index contributed by atoms with van der Waals surface area (Å²) >= 11 is 0. The van der Waals surface area contributed by atoms with Crippen LogP contribution in [0.2, 0.25) is 0 Å². The summed E-state index contributed by atoms with van der Waals surface area (Å²) in [7, 11) is 0. The molecule has 16 heavy (non-hydrogen) atoms. The lowest BCUT2D eigenvalue weighted by atomic mass is 9.99. The Kier molecular flexibility index (Phi) is 3.28. The predicted molar refractivity (Wildman–Crippen MR) is 55.1 cm³/mol. The molecule has 2 fully saturated rings. The number of carbonyl (C=O) groups is 2. The van der Waals surface area contributed by atoms with Crippen LogP contribution in [0.15, 0.2) is 0 Å². The van der Waals surface area contributed by atoms with Crippen molar-refractivity contribution in [2.24, 2.45) is 5.92 Å². The van der Waals surface area contributed by atoms with Gasteiger partial charge in [0.25, 0.3) is 0 Å². The van der Waals surface area contributed by atoms with Crippen LogP contribution >= 0.6 is 0 Å². The maximum absolute atomic E-state index is 11.4. The molecule has 2 unspecified atom stereocenters. The highest BCUT2D eigenvalue weighted by molar-refractivity contribution is 5.82. The SMILES string of the molecule is O=C(O)C1COC(=O)N1CC1CCCNC1. The fourth-order valence-electron chi connectivity index (χ4n) is 2.21. The molecule has 2 aliphatic rings. The third-order valence-corrected chi connectivity index (χ3v) is 3.11.